The van der Waals surface area contributed by atoms with Crippen LogP contribution in [0.3, 0.4) is 0 Å². The summed E-state index contributed by atoms with van der Waals surface area (Å²) in [6.07, 6.45) is 12.5. The Bertz CT molecular complexity index is 1600. The van der Waals surface area contributed by atoms with Crippen LogP contribution in [0.5, 0.6) is 5.75 Å². The Morgan fingerprint density at radius 1 is 1.05 bits per heavy atom. The number of amides is 1. The Kier molecular flexibility index (Phi) is 11.8. The lowest BCUT2D eigenvalue weighted by atomic mass is 9.86. The number of Topliss-reactive ketones (excluding diaryl/α,β-unsaturated/α-hetero) is 1. The van der Waals surface area contributed by atoms with E-state index in [1.165, 1.54) is 30.6 Å². The van der Waals surface area contributed by atoms with Crippen LogP contribution in [0.4, 0.5) is 5.82 Å². The number of carbonyl (C=O) groups is 2. The Morgan fingerprint density at radius 3 is 2.61 bits per heavy atom. The highest BCUT2D eigenvalue weighted by Crippen LogP contribution is 2.32. The molecule has 0 spiro atoms. The number of unbranched alkanes of at least 4 members (excludes halogenated alkanes) is 4. The molecule has 10 nitrogen and oxygen atoms in total. The van der Waals surface area contributed by atoms with E-state index in [0.29, 0.717) is 37.4 Å². The predicted octanol–water partition coefficient (Wildman–Crippen LogP) is 5.78. The Labute approximate surface area is 258 Å². The average molecular weight is 619 g/mol. The number of carbonyl (C=O) groups excluding carboxylic acids is 2. The molecule has 1 aromatic heterocycles. The molecule has 2 aromatic carbocycles. The minimum absolute atomic E-state index is 0.217. The first-order valence-electron chi connectivity index (χ1n) is 14.8. The molecular formula is C33H38N4O6S. The molecule has 1 aliphatic carbocycles. The van der Waals surface area contributed by atoms with E-state index in [1.807, 2.05) is 18.2 Å². The van der Waals surface area contributed by atoms with Gasteiger partial charge < -0.3 is 10.1 Å². The number of ether oxygens (including phenoxy) is 1. The fraction of sp³-hybridized carbons (Fsp3) is 0.333. The second-order valence-electron chi connectivity index (χ2n) is 10.5. The third-order valence-electron chi connectivity index (χ3n) is 7.34. The van der Waals surface area contributed by atoms with Gasteiger partial charge in [0.2, 0.25) is 0 Å². The molecule has 0 saturated heterocycles. The summed E-state index contributed by atoms with van der Waals surface area (Å²) >= 11 is 0. The SMILES string of the molecule is C=CCc1c(OCCCCCCCNC(=O)c2ccc(N/N=C/c3ccccc3S(=O)(=O)O)nc2)ccc2c1CCCC2=O. The highest BCUT2D eigenvalue weighted by molar-refractivity contribution is 7.86. The predicted molar refractivity (Wildman–Crippen MR) is 170 cm³/mol. The summed E-state index contributed by atoms with van der Waals surface area (Å²) in [5.41, 5.74) is 6.36. The lowest BCUT2D eigenvalue weighted by molar-refractivity contribution is 0.0949. The van der Waals surface area contributed by atoms with Crippen molar-refractivity contribution in [2.45, 2.75) is 62.7 Å². The molecular weight excluding hydrogens is 580 g/mol. The van der Waals surface area contributed by atoms with Crippen molar-refractivity contribution in [3.8, 4) is 5.75 Å². The van der Waals surface area contributed by atoms with E-state index in [0.717, 1.165) is 67.4 Å². The number of hydrogen-bond donors (Lipinski definition) is 3. The second kappa shape index (κ2) is 15.9. The number of fused-ring (bicyclic) bond motifs is 1. The normalized spacial score (nSPS) is 13.0. The second-order valence-corrected chi connectivity index (χ2v) is 11.9. The molecule has 4 rings (SSSR count). The van der Waals surface area contributed by atoms with Crippen molar-refractivity contribution in [1.29, 1.82) is 0 Å². The van der Waals surface area contributed by atoms with Crippen LogP contribution < -0.4 is 15.5 Å². The van der Waals surface area contributed by atoms with Crippen LogP contribution in [-0.2, 0) is 23.0 Å². The Morgan fingerprint density at radius 2 is 1.84 bits per heavy atom. The first kappa shape index (κ1) is 32.6. The minimum Gasteiger partial charge on any atom is -0.493 e. The zero-order valence-corrected chi connectivity index (χ0v) is 25.4. The Hall–Kier alpha value is -4.35. The van der Waals surface area contributed by atoms with Gasteiger partial charge in [-0.05, 0) is 68.0 Å². The molecule has 0 bridgehead atoms. The van der Waals surface area contributed by atoms with Crippen molar-refractivity contribution in [1.82, 2.24) is 10.3 Å². The largest absolute Gasteiger partial charge is 0.493 e. The van der Waals surface area contributed by atoms with Crippen LogP contribution in [0.1, 0.15) is 82.4 Å². The molecule has 3 aromatic rings. The number of aromatic nitrogens is 1. The quantitative estimate of drug-likeness (QED) is 0.0602. The summed E-state index contributed by atoms with van der Waals surface area (Å²) in [6, 6.07) is 12.9. The van der Waals surface area contributed by atoms with Crippen LogP contribution in [0, 0.1) is 0 Å². The first-order valence-corrected chi connectivity index (χ1v) is 16.2. The number of benzene rings is 2. The average Bonchev–Trinajstić information content (AvgIpc) is 3.01. The van der Waals surface area contributed by atoms with Gasteiger partial charge in [0.15, 0.2) is 5.78 Å². The van der Waals surface area contributed by atoms with Gasteiger partial charge in [-0.25, -0.2) is 4.98 Å². The molecule has 1 heterocycles. The number of nitrogens with one attached hydrogen (secondary N) is 2. The molecule has 0 saturated carbocycles. The monoisotopic (exact) mass is 618 g/mol. The zero-order chi connectivity index (χ0) is 31.4. The maximum absolute atomic E-state index is 12.5. The van der Waals surface area contributed by atoms with Gasteiger partial charge in [0, 0.05) is 35.9 Å². The van der Waals surface area contributed by atoms with Crippen LogP contribution >= 0.6 is 0 Å². The van der Waals surface area contributed by atoms with Crippen molar-refractivity contribution in [3.63, 3.8) is 0 Å². The van der Waals surface area contributed by atoms with E-state index in [2.05, 4.69) is 27.4 Å². The minimum atomic E-state index is -4.37. The van der Waals surface area contributed by atoms with Crippen molar-refractivity contribution < 1.29 is 27.3 Å². The van der Waals surface area contributed by atoms with Crippen molar-refractivity contribution in [3.05, 3.63) is 95.2 Å². The number of allylic oxidation sites excluding steroid dienone is 1. The highest BCUT2D eigenvalue weighted by Gasteiger charge is 2.22. The lowest BCUT2D eigenvalue weighted by Crippen LogP contribution is -2.24. The molecule has 0 fully saturated rings. The third kappa shape index (κ3) is 9.08. The van der Waals surface area contributed by atoms with Crippen molar-refractivity contribution >= 4 is 33.8 Å². The van der Waals surface area contributed by atoms with E-state index in [4.69, 9.17) is 4.74 Å². The van der Waals surface area contributed by atoms with Gasteiger partial charge in [0.25, 0.3) is 16.0 Å². The number of ketones is 1. The molecule has 3 N–H and O–H groups in total. The zero-order valence-electron chi connectivity index (χ0n) is 24.6. The third-order valence-corrected chi connectivity index (χ3v) is 8.26. The van der Waals surface area contributed by atoms with Gasteiger partial charge in [-0.3, -0.25) is 19.6 Å². The number of rotatable bonds is 16. The molecule has 11 heteroatoms. The molecule has 0 aliphatic heterocycles. The maximum Gasteiger partial charge on any atom is 0.295 e. The van der Waals surface area contributed by atoms with E-state index < -0.39 is 10.1 Å². The molecule has 0 unspecified atom stereocenters. The summed E-state index contributed by atoms with van der Waals surface area (Å²) in [4.78, 5) is 28.6. The molecule has 0 radical (unpaired) electrons. The molecule has 1 amide bonds. The molecule has 232 valence electrons. The van der Waals surface area contributed by atoms with Gasteiger partial charge >= 0.3 is 0 Å². The summed E-state index contributed by atoms with van der Waals surface area (Å²) in [5, 5.41) is 6.87. The maximum atomic E-state index is 12.5. The van der Waals surface area contributed by atoms with E-state index >= 15 is 0 Å². The van der Waals surface area contributed by atoms with Crippen LogP contribution in [-0.4, -0.2) is 49.0 Å². The van der Waals surface area contributed by atoms with E-state index in [-0.39, 0.29) is 22.1 Å². The standard InChI is InChI=1S/C33H38N4O6S/c1-2-11-28-26-13-10-14-29(38)27(26)17-18-30(28)43-21-9-5-3-4-8-20-34-33(39)25-16-19-32(35-22-25)37-36-23-24-12-6-7-15-31(24)44(40,41)42/h2,6-7,12,15-19,22-23H,1,3-5,8-11,13-14,20-21H2,(H,34,39)(H,35,37)(H,40,41,42)/b36-23+. The number of nitrogens with zero attached hydrogens (tertiary/aromatic N) is 2. The molecule has 44 heavy (non-hydrogen) atoms. The van der Waals surface area contributed by atoms with Crippen molar-refractivity contribution in [2.24, 2.45) is 5.10 Å². The van der Waals surface area contributed by atoms with Crippen LogP contribution in [0.2, 0.25) is 0 Å². The highest BCUT2D eigenvalue weighted by atomic mass is 32.2. The molecule has 0 atom stereocenters. The van der Waals surface area contributed by atoms with Gasteiger partial charge in [0.1, 0.15) is 16.5 Å². The first-order chi connectivity index (χ1) is 21.3. The van der Waals surface area contributed by atoms with Gasteiger partial charge in [0.05, 0.1) is 18.4 Å². The summed E-state index contributed by atoms with van der Waals surface area (Å²) < 4.78 is 38.4. The van der Waals surface area contributed by atoms with Crippen LogP contribution in [0.15, 0.2) is 77.4 Å². The number of hydrazone groups is 1. The topological polar surface area (TPSA) is 147 Å². The number of hydrogen-bond acceptors (Lipinski definition) is 8. The lowest BCUT2D eigenvalue weighted by Gasteiger charge is -2.21. The van der Waals surface area contributed by atoms with Crippen molar-refractivity contribution in [2.75, 3.05) is 18.6 Å². The summed E-state index contributed by atoms with van der Waals surface area (Å²) in [6.45, 7) is 5.05. The number of anilines is 1. The van der Waals surface area contributed by atoms with Gasteiger partial charge in [-0.1, -0.05) is 43.5 Å². The van der Waals surface area contributed by atoms with E-state index in [1.54, 1.807) is 18.2 Å². The molecule has 1 aliphatic rings. The van der Waals surface area contributed by atoms with Gasteiger partial charge in [-0.15, -0.1) is 6.58 Å². The summed E-state index contributed by atoms with van der Waals surface area (Å²) in [5.74, 6) is 1.22. The number of pyridine rings is 1. The fourth-order valence-electron chi connectivity index (χ4n) is 5.11. The fourth-order valence-corrected chi connectivity index (χ4v) is 5.78. The Balaban J connectivity index is 1.11. The smallest absolute Gasteiger partial charge is 0.295 e. The van der Waals surface area contributed by atoms with Gasteiger partial charge in [-0.2, -0.15) is 13.5 Å². The van der Waals surface area contributed by atoms with E-state index in [9.17, 15) is 22.6 Å². The summed E-state index contributed by atoms with van der Waals surface area (Å²) in [7, 11) is -4.37. The van der Waals surface area contributed by atoms with Crippen LogP contribution in [0.25, 0.3) is 0 Å².